The highest BCUT2D eigenvalue weighted by atomic mass is 16.3. The maximum atomic E-state index is 9.47. The van der Waals surface area contributed by atoms with Crippen molar-refractivity contribution in [3.05, 3.63) is 0 Å². The molecular weight excluding hydrogens is 125 g/mol. The highest BCUT2D eigenvalue weighted by Gasteiger charge is 2.35. The van der Waals surface area contributed by atoms with E-state index < -0.39 is 0 Å². The molecule has 0 spiro atoms. The Labute approximate surface area is 62.9 Å². The van der Waals surface area contributed by atoms with E-state index in [4.69, 9.17) is 7.98 Å². The quantitative estimate of drug-likeness (QED) is 0.454. The zero-order valence-electron chi connectivity index (χ0n) is 6.16. The Morgan fingerprint density at radius 1 is 1.30 bits per heavy atom. The highest BCUT2D eigenvalue weighted by Crippen LogP contribution is 2.31. The first-order valence-corrected chi connectivity index (χ1v) is 4.02. The minimum absolute atomic E-state index is 0.118. The van der Waals surface area contributed by atoms with Crippen LogP contribution in [0, 0.1) is 5.92 Å². The van der Waals surface area contributed by atoms with Crippen LogP contribution in [-0.2, 0) is 0 Å². The van der Waals surface area contributed by atoms with E-state index in [9.17, 15) is 5.11 Å². The molecule has 3 rings (SSSR count). The molecule has 3 fully saturated rings. The summed E-state index contributed by atoms with van der Waals surface area (Å²) in [5.41, 5.74) is 0. The first-order chi connectivity index (χ1) is 4.70. The third kappa shape index (κ3) is 0.885. The van der Waals surface area contributed by atoms with E-state index in [0.717, 1.165) is 32.5 Å². The molecule has 10 heavy (non-hydrogen) atoms. The summed E-state index contributed by atoms with van der Waals surface area (Å²) in [5.74, 6) is 0.559. The van der Waals surface area contributed by atoms with Crippen LogP contribution in [0.2, 0.25) is 0 Å². The average Bonchev–Trinajstić information content (AvgIpc) is 1.87. The maximum Gasteiger partial charge on any atom is 0.102 e. The fourth-order valence-corrected chi connectivity index (χ4v) is 2.19. The van der Waals surface area contributed by atoms with Crippen molar-refractivity contribution in [2.24, 2.45) is 5.92 Å². The third-order valence-electron chi connectivity index (χ3n) is 2.99. The molecule has 55 valence electrons. The zero-order chi connectivity index (χ0) is 7.19. The lowest BCUT2D eigenvalue weighted by molar-refractivity contribution is -0.840. The monoisotopic (exact) mass is 138 g/mol. The van der Waals surface area contributed by atoms with Gasteiger partial charge < -0.3 is 9.50 Å². The molecule has 0 aromatic heterocycles. The van der Waals surface area contributed by atoms with Gasteiger partial charge in [-0.1, -0.05) is 0 Å². The van der Waals surface area contributed by atoms with Crippen molar-refractivity contribution in [3.8, 4) is 0 Å². The number of quaternary nitrogens is 1. The Balaban J connectivity index is 2.14. The largest absolute Gasteiger partial charge is 0.586 e. The summed E-state index contributed by atoms with van der Waals surface area (Å²) in [7, 11) is 5.96. The molecule has 1 unspecified atom stereocenters. The van der Waals surface area contributed by atoms with Crippen LogP contribution in [0.25, 0.3) is 0 Å². The van der Waals surface area contributed by atoms with E-state index in [2.05, 4.69) is 0 Å². The predicted molar refractivity (Wildman–Crippen MR) is 39.3 cm³/mol. The number of hydrogen-bond donors (Lipinski definition) is 1. The van der Waals surface area contributed by atoms with E-state index in [0.29, 0.717) is 10.3 Å². The summed E-state index contributed by atoms with van der Waals surface area (Å²) in [6.45, 7) is 2.92. The summed E-state index contributed by atoms with van der Waals surface area (Å²) in [4.78, 5) is 0. The average molecular weight is 138 g/mol. The minimum atomic E-state index is -0.118. The third-order valence-corrected chi connectivity index (χ3v) is 2.99. The van der Waals surface area contributed by atoms with Crippen LogP contribution in [0.15, 0.2) is 0 Å². The number of aliphatic hydroxyl groups excluding tert-OH is 1. The molecule has 3 radical (unpaired) electrons. The Morgan fingerprint density at radius 2 is 1.90 bits per heavy atom. The van der Waals surface area contributed by atoms with Gasteiger partial charge in [0, 0.05) is 19.0 Å². The molecule has 2 nitrogen and oxygen atoms in total. The molecule has 2 bridgehead atoms. The fraction of sp³-hybridized carbons (Fsp3) is 1.00. The molecule has 3 saturated heterocycles. The standard InChI is InChI=1S/C7H13BNO/c8-9-3-1-6(2-4-9)7(10)5-9/h6-7,10H,1-5H2. The molecule has 0 amide bonds. The zero-order valence-corrected chi connectivity index (χ0v) is 6.16. The smallest absolute Gasteiger partial charge is 0.102 e. The molecule has 1 N–H and O–H groups in total. The van der Waals surface area contributed by atoms with Crippen LogP contribution in [0.4, 0.5) is 0 Å². The van der Waals surface area contributed by atoms with Crippen molar-refractivity contribution in [2.45, 2.75) is 18.9 Å². The van der Waals surface area contributed by atoms with Gasteiger partial charge in [0.2, 0.25) is 0 Å². The lowest BCUT2D eigenvalue weighted by Crippen LogP contribution is -2.62. The topological polar surface area (TPSA) is 20.2 Å². The number of fused-ring (bicyclic) bond motifs is 3. The van der Waals surface area contributed by atoms with Gasteiger partial charge in [-0.25, -0.2) is 7.98 Å². The molecule has 0 aromatic rings. The van der Waals surface area contributed by atoms with E-state index >= 15 is 0 Å². The molecule has 0 aromatic carbocycles. The summed E-state index contributed by atoms with van der Waals surface area (Å²) in [5, 5.41) is 9.47. The first kappa shape index (κ1) is 6.68. The van der Waals surface area contributed by atoms with Crippen molar-refractivity contribution < 1.29 is 9.50 Å². The van der Waals surface area contributed by atoms with Gasteiger partial charge in [0.25, 0.3) is 0 Å². The van der Waals surface area contributed by atoms with Crippen molar-refractivity contribution in [1.82, 2.24) is 0 Å². The lowest BCUT2D eigenvalue weighted by atomic mass is 9.81. The van der Waals surface area contributed by atoms with E-state index in [-0.39, 0.29) is 6.10 Å². The molecule has 3 aliphatic rings. The Hall–Kier alpha value is -0.0151. The second kappa shape index (κ2) is 1.99. The van der Waals surface area contributed by atoms with Crippen LogP contribution in [0.1, 0.15) is 12.8 Å². The van der Waals surface area contributed by atoms with Crippen molar-refractivity contribution in [3.63, 3.8) is 0 Å². The SMILES string of the molecule is [B-][N+]12CCC(CC1)C(O)C2. The van der Waals surface area contributed by atoms with E-state index in [1.165, 1.54) is 0 Å². The Bertz CT molecular complexity index is 143. The van der Waals surface area contributed by atoms with Crippen molar-refractivity contribution >= 4 is 7.98 Å². The summed E-state index contributed by atoms with van der Waals surface area (Å²) >= 11 is 0. The lowest BCUT2D eigenvalue weighted by Gasteiger charge is -2.60. The Kier molecular flexibility index (Phi) is 1.33. The number of nitrogens with zero attached hydrogens (tertiary/aromatic N) is 1. The van der Waals surface area contributed by atoms with E-state index in [1.54, 1.807) is 0 Å². The molecule has 0 aliphatic carbocycles. The molecule has 3 aliphatic heterocycles. The predicted octanol–water partition coefficient (Wildman–Crippen LogP) is -0.329. The summed E-state index contributed by atoms with van der Waals surface area (Å²) < 4.78 is 0.623. The van der Waals surface area contributed by atoms with Gasteiger partial charge in [-0.3, -0.25) is 0 Å². The summed E-state index contributed by atoms with van der Waals surface area (Å²) in [6.07, 6.45) is 2.13. The highest BCUT2D eigenvalue weighted by molar-refractivity contribution is 5.97. The van der Waals surface area contributed by atoms with Crippen LogP contribution < -0.4 is 0 Å². The van der Waals surface area contributed by atoms with Crippen LogP contribution in [0.3, 0.4) is 0 Å². The first-order valence-electron chi connectivity index (χ1n) is 4.02. The number of aliphatic hydroxyl groups is 1. The number of hydrogen-bond acceptors (Lipinski definition) is 1. The van der Waals surface area contributed by atoms with Gasteiger partial charge in [0.1, 0.15) is 6.10 Å². The summed E-state index contributed by atoms with van der Waals surface area (Å²) in [6, 6.07) is 0. The molecule has 1 atom stereocenters. The van der Waals surface area contributed by atoms with E-state index in [1.807, 2.05) is 0 Å². The van der Waals surface area contributed by atoms with Crippen molar-refractivity contribution in [1.29, 1.82) is 0 Å². The van der Waals surface area contributed by atoms with Crippen LogP contribution in [-0.4, -0.2) is 43.2 Å². The van der Waals surface area contributed by atoms with Crippen LogP contribution in [0.5, 0.6) is 0 Å². The van der Waals surface area contributed by atoms with Gasteiger partial charge in [-0.15, -0.1) is 0 Å². The second-order valence-electron chi connectivity index (χ2n) is 3.75. The fourth-order valence-electron chi connectivity index (χ4n) is 2.19. The number of piperidine rings is 3. The normalized spacial score (nSPS) is 53.4. The van der Waals surface area contributed by atoms with Gasteiger partial charge in [0.15, 0.2) is 0 Å². The van der Waals surface area contributed by atoms with Gasteiger partial charge in [-0.2, -0.15) is 0 Å². The van der Waals surface area contributed by atoms with Crippen molar-refractivity contribution in [2.75, 3.05) is 19.6 Å². The molecule has 3 heterocycles. The molecule has 3 heteroatoms. The molecular formula is C7H13BNO. The van der Waals surface area contributed by atoms with Gasteiger partial charge in [0.05, 0.1) is 6.54 Å². The second-order valence-corrected chi connectivity index (χ2v) is 3.75. The minimum Gasteiger partial charge on any atom is -0.586 e. The van der Waals surface area contributed by atoms with Crippen LogP contribution >= 0.6 is 0 Å². The molecule has 0 saturated carbocycles. The maximum absolute atomic E-state index is 9.47. The Morgan fingerprint density at radius 3 is 2.20 bits per heavy atom. The van der Waals surface area contributed by atoms with Gasteiger partial charge in [-0.05, 0) is 12.8 Å². The number of rotatable bonds is 0. The van der Waals surface area contributed by atoms with Gasteiger partial charge >= 0.3 is 0 Å².